The number of hydrogen-bond acceptors (Lipinski definition) is 5. The Hall–Kier alpha value is -3.41. The summed E-state index contributed by atoms with van der Waals surface area (Å²) in [5, 5.41) is 3.99. The van der Waals surface area contributed by atoms with E-state index in [1.807, 2.05) is 41.3 Å². The molecule has 11 heteroatoms. The van der Waals surface area contributed by atoms with Crippen molar-refractivity contribution < 1.29 is 13.2 Å². The first-order valence-corrected chi connectivity index (χ1v) is 15.3. The van der Waals surface area contributed by atoms with E-state index in [1.165, 1.54) is 7.11 Å². The van der Waals surface area contributed by atoms with E-state index < -0.39 is 10.0 Å². The molecule has 1 fully saturated rings. The molecular formula is C28H28BrN5O3S2. The monoisotopic (exact) mass is 625 g/mol. The Bertz CT molecular complexity index is 1640. The van der Waals surface area contributed by atoms with Gasteiger partial charge in [-0.15, -0.1) is 0 Å². The third-order valence-electron chi connectivity index (χ3n) is 6.73. The summed E-state index contributed by atoms with van der Waals surface area (Å²) in [5.41, 5.74) is 6.18. The second-order valence-corrected chi connectivity index (χ2v) is 12.4. The van der Waals surface area contributed by atoms with Crippen molar-refractivity contribution in [3.8, 4) is 11.4 Å². The lowest BCUT2D eigenvalue weighted by molar-refractivity contribution is 0.417. The maximum atomic E-state index is 12.1. The number of pyridine rings is 1. The minimum atomic E-state index is -3.54. The number of aromatic nitrogens is 2. The number of thiocarbonyl (C=S) groups is 1. The molecule has 8 nitrogen and oxygen atoms in total. The largest absolute Gasteiger partial charge is 0.495 e. The second kappa shape index (κ2) is 10.6. The van der Waals surface area contributed by atoms with Crippen LogP contribution in [0.15, 0.2) is 77.4 Å². The molecule has 202 valence electrons. The van der Waals surface area contributed by atoms with Gasteiger partial charge < -0.3 is 19.5 Å². The van der Waals surface area contributed by atoms with Crippen LogP contribution in [0.4, 0.5) is 11.4 Å². The number of sulfonamides is 1. The van der Waals surface area contributed by atoms with Crippen molar-refractivity contribution >= 4 is 54.7 Å². The molecule has 5 rings (SSSR count). The summed E-state index contributed by atoms with van der Waals surface area (Å²) >= 11 is 9.41. The number of benzene rings is 2. The number of halogens is 1. The van der Waals surface area contributed by atoms with Gasteiger partial charge in [-0.1, -0.05) is 22.0 Å². The number of rotatable bonds is 7. The number of anilines is 2. The van der Waals surface area contributed by atoms with Crippen molar-refractivity contribution in [2.45, 2.75) is 25.9 Å². The van der Waals surface area contributed by atoms with E-state index in [-0.39, 0.29) is 12.1 Å². The Morgan fingerprint density at radius 1 is 1.05 bits per heavy atom. The molecule has 0 saturated carbocycles. The zero-order valence-corrected chi connectivity index (χ0v) is 25.1. The van der Waals surface area contributed by atoms with Crippen molar-refractivity contribution in [3.05, 3.63) is 100 Å². The zero-order valence-electron chi connectivity index (χ0n) is 21.8. The van der Waals surface area contributed by atoms with E-state index in [0.29, 0.717) is 16.5 Å². The topological polar surface area (TPSA) is 88.5 Å². The lowest BCUT2D eigenvalue weighted by Crippen LogP contribution is -2.29. The second-order valence-electron chi connectivity index (χ2n) is 9.39. The van der Waals surface area contributed by atoms with Crippen LogP contribution in [0.2, 0.25) is 0 Å². The quantitative estimate of drug-likeness (QED) is 0.251. The number of nitrogens with zero attached hydrogens (tertiary/aromatic N) is 3. The van der Waals surface area contributed by atoms with Crippen LogP contribution in [0.1, 0.15) is 34.7 Å². The third-order valence-corrected chi connectivity index (χ3v) is 8.16. The summed E-state index contributed by atoms with van der Waals surface area (Å²) in [6.45, 7) is 4.19. The van der Waals surface area contributed by atoms with Crippen LogP contribution in [0, 0.1) is 13.8 Å². The van der Waals surface area contributed by atoms with Crippen molar-refractivity contribution in [1.29, 1.82) is 0 Å². The van der Waals surface area contributed by atoms with Crippen LogP contribution in [-0.2, 0) is 10.0 Å². The molecule has 4 aromatic rings. The summed E-state index contributed by atoms with van der Waals surface area (Å²) < 4.78 is 35.4. The first-order valence-electron chi connectivity index (χ1n) is 12.2. The Kier molecular flexibility index (Phi) is 7.41. The van der Waals surface area contributed by atoms with Crippen LogP contribution >= 0.6 is 28.1 Å². The van der Waals surface area contributed by atoms with Gasteiger partial charge in [-0.05, 0) is 92.3 Å². The van der Waals surface area contributed by atoms with Gasteiger partial charge in [-0.2, -0.15) is 0 Å². The molecule has 1 saturated heterocycles. The maximum absolute atomic E-state index is 12.1. The molecule has 1 aliphatic rings. The van der Waals surface area contributed by atoms with Crippen LogP contribution in [0.25, 0.3) is 5.69 Å². The van der Waals surface area contributed by atoms with E-state index >= 15 is 0 Å². The van der Waals surface area contributed by atoms with Gasteiger partial charge in [0.1, 0.15) is 5.75 Å². The molecule has 0 radical (unpaired) electrons. The van der Waals surface area contributed by atoms with Crippen LogP contribution in [0.3, 0.4) is 0 Å². The molecule has 2 atom stereocenters. The molecule has 2 unspecified atom stereocenters. The van der Waals surface area contributed by atoms with Crippen molar-refractivity contribution in [2.75, 3.05) is 23.0 Å². The molecule has 2 aromatic heterocycles. The average molecular weight is 627 g/mol. The summed E-state index contributed by atoms with van der Waals surface area (Å²) in [4.78, 5) is 6.67. The minimum absolute atomic E-state index is 0.244. The highest BCUT2D eigenvalue weighted by Gasteiger charge is 2.42. The van der Waals surface area contributed by atoms with Crippen molar-refractivity contribution in [2.24, 2.45) is 0 Å². The van der Waals surface area contributed by atoms with Gasteiger partial charge in [0.2, 0.25) is 10.0 Å². The number of aryl methyl sites for hydroxylation is 1. The lowest BCUT2D eigenvalue weighted by atomic mass is 9.96. The van der Waals surface area contributed by atoms with Crippen LogP contribution in [0.5, 0.6) is 5.75 Å². The fraction of sp³-hybridized carbons (Fsp3) is 0.214. The molecule has 0 aliphatic carbocycles. The maximum Gasteiger partial charge on any atom is 0.229 e. The van der Waals surface area contributed by atoms with Gasteiger partial charge in [0.25, 0.3) is 0 Å². The van der Waals surface area contributed by atoms with Gasteiger partial charge in [-0.3, -0.25) is 9.71 Å². The predicted molar refractivity (Wildman–Crippen MR) is 162 cm³/mol. The summed E-state index contributed by atoms with van der Waals surface area (Å²) in [5.74, 6) is 0.411. The average Bonchev–Trinajstić information content (AvgIpc) is 3.39. The standard InChI is InChI=1S/C28H28BrN5O3S2/c1-17-15-22(18(2)33(17)20-10-8-19(29)9-11-20)27-26(23-7-5-6-14-30-23)31-28(38)34(27)21-12-13-25(37-3)24(16-21)32-39(4,35)36/h5-16,26-27,32H,1-4H3,(H,31,38). The Morgan fingerprint density at radius 2 is 1.77 bits per heavy atom. The number of nitrogens with one attached hydrogen (secondary N) is 2. The van der Waals surface area contributed by atoms with Crippen LogP contribution < -0.4 is 19.7 Å². The smallest absolute Gasteiger partial charge is 0.229 e. The molecule has 1 aliphatic heterocycles. The molecule has 0 amide bonds. The predicted octanol–water partition coefficient (Wildman–Crippen LogP) is 5.81. The molecule has 39 heavy (non-hydrogen) atoms. The molecule has 0 spiro atoms. The Morgan fingerprint density at radius 3 is 2.41 bits per heavy atom. The first kappa shape index (κ1) is 27.2. The van der Waals surface area contributed by atoms with E-state index in [2.05, 4.69) is 67.6 Å². The summed E-state index contributed by atoms with van der Waals surface area (Å²) in [7, 11) is -2.04. The SMILES string of the molecule is COc1ccc(N2C(=S)NC(c3ccccn3)C2c2cc(C)n(-c3ccc(Br)cc3)c2C)cc1NS(C)(=O)=O. The molecule has 2 aromatic carbocycles. The van der Waals surface area contributed by atoms with Gasteiger partial charge in [-0.25, -0.2) is 8.42 Å². The van der Waals surface area contributed by atoms with Crippen LogP contribution in [-0.4, -0.2) is 36.4 Å². The fourth-order valence-corrected chi connectivity index (χ4v) is 6.32. The Labute approximate surface area is 242 Å². The van der Waals surface area contributed by atoms with Gasteiger partial charge in [0.15, 0.2) is 5.11 Å². The van der Waals surface area contributed by atoms with Crippen molar-refractivity contribution in [1.82, 2.24) is 14.9 Å². The zero-order chi connectivity index (χ0) is 27.9. The fourth-order valence-electron chi connectivity index (χ4n) is 5.15. The highest BCUT2D eigenvalue weighted by molar-refractivity contribution is 9.10. The first-order chi connectivity index (χ1) is 18.6. The van der Waals surface area contributed by atoms with Gasteiger partial charge in [0, 0.05) is 33.4 Å². The van der Waals surface area contributed by atoms with E-state index in [1.54, 1.807) is 18.3 Å². The highest BCUT2D eigenvalue weighted by atomic mass is 79.9. The van der Waals surface area contributed by atoms with Crippen molar-refractivity contribution in [3.63, 3.8) is 0 Å². The third kappa shape index (κ3) is 5.39. The van der Waals surface area contributed by atoms with E-state index in [9.17, 15) is 8.42 Å². The summed E-state index contributed by atoms with van der Waals surface area (Å²) in [6.07, 6.45) is 2.88. The number of hydrogen-bond donors (Lipinski definition) is 2. The number of methoxy groups -OCH3 is 1. The van der Waals surface area contributed by atoms with E-state index in [4.69, 9.17) is 17.0 Å². The highest BCUT2D eigenvalue weighted by Crippen LogP contribution is 2.45. The minimum Gasteiger partial charge on any atom is -0.495 e. The molecule has 3 heterocycles. The molecule has 2 N–H and O–H groups in total. The van der Waals surface area contributed by atoms with Gasteiger partial charge in [0.05, 0.1) is 36.8 Å². The number of ether oxygens (including phenoxy) is 1. The van der Waals surface area contributed by atoms with Gasteiger partial charge >= 0.3 is 0 Å². The lowest BCUT2D eigenvalue weighted by Gasteiger charge is -2.29. The normalized spacial score (nSPS) is 17.3. The summed E-state index contributed by atoms with van der Waals surface area (Å²) in [6, 6.07) is 21.1. The Balaban J connectivity index is 1.68. The van der Waals surface area contributed by atoms with E-state index in [0.717, 1.165) is 44.7 Å². The molecular weight excluding hydrogens is 598 g/mol. The molecule has 0 bridgehead atoms.